The fourth-order valence-corrected chi connectivity index (χ4v) is 6.05. The molecule has 0 radical (unpaired) electrons. The quantitative estimate of drug-likeness (QED) is 0.566. The van der Waals surface area contributed by atoms with Crippen molar-refractivity contribution >= 4 is 5.97 Å². The van der Waals surface area contributed by atoms with Gasteiger partial charge in [0.05, 0.1) is 12.2 Å². The van der Waals surface area contributed by atoms with Crippen LogP contribution in [0, 0.1) is 28.6 Å². The summed E-state index contributed by atoms with van der Waals surface area (Å²) in [6.07, 6.45) is 10.8. The first kappa shape index (κ1) is 17.0. The van der Waals surface area contributed by atoms with Gasteiger partial charge in [0.25, 0.3) is 0 Å². The molecule has 0 heterocycles. The summed E-state index contributed by atoms with van der Waals surface area (Å²) in [5, 5.41) is 20.6. The van der Waals surface area contributed by atoms with E-state index < -0.39 is 6.10 Å². The zero-order chi connectivity index (χ0) is 18.0. The number of esters is 1. The van der Waals surface area contributed by atoms with Crippen molar-refractivity contribution in [1.82, 2.24) is 0 Å². The van der Waals surface area contributed by atoms with Crippen molar-refractivity contribution in [3.8, 4) is 0 Å². The summed E-state index contributed by atoms with van der Waals surface area (Å²) >= 11 is 0. The van der Waals surface area contributed by atoms with Crippen LogP contribution in [0.1, 0.15) is 46.5 Å². The fourth-order valence-electron chi connectivity index (χ4n) is 6.05. The molecule has 4 aliphatic rings. The van der Waals surface area contributed by atoms with Crippen LogP contribution in [0.4, 0.5) is 0 Å². The average molecular weight is 344 g/mol. The molecule has 0 amide bonds. The van der Waals surface area contributed by atoms with E-state index in [4.69, 9.17) is 4.74 Å². The van der Waals surface area contributed by atoms with Crippen LogP contribution in [0.3, 0.4) is 0 Å². The van der Waals surface area contributed by atoms with E-state index in [-0.39, 0.29) is 28.8 Å². The standard InChI is InChI=1S/C21H28O4/c1-12(22)25-17-11-13-10-14(23)6-8-20(13,2)16-7-9-21(3)15(19(16)17)4-5-18(21)24/h6,8,10-11,14-16,18-19,23-24H,4-5,7,9H2,1-3H3/t14?,15-,16+,18?,19-,20-,21-/m0/s1. The number of aliphatic hydroxyl groups is 2. The molecule has 136 valence electrons. The van der Waals surface area contributed by atoms with Gasteiger partial charge in [-0.25, -0.2) is 0 Å². The molecule has 0 saturated heterocycles. The highest BCUT2D eigenvalue weighted by atomic mass is 16.5. The number of hydrogen-bond donors (Lipinski definition) is 2. The first-order valence-corrected chi connectivity index (χ1v) is 9.43. The molecule has 0 aromatic rings. The summed E-state index contributed by atoms with van der Waals surface area (Å²) < 4.78 is 5.67. The maximum absolute atomic E-state index is 11.7. The van der Waals surface area contributed by atoms with Gasteiger partial charge in [-0.2, -0.15) is 0 Å². The maximum atomic E-state index is 11.7. The van der Waals surface area contributed by atoms with Crippen molar-refractivity contribution in [3.05, 3.63) is 35.6 Å². The van der Waals surface area contributed by atoms with E-state index in [1.165, 1.54) is 6.92 Å². The summed E-state index contributed by atoms with van der Waals surface area (Å²) in [5.74, 6) is 1.22. The normalized spacial score (nSPS) is 48.0. The highest BCUT2D eigenvalue weighted by Gasteiger charge is 2.59. The van der Waals surface area contributed by atoms with Gasteiger partial charge >= 0.3 is 5.97 Å². The largest absolute Gasteiger partial charge is 0.431 e. The number of carbonyl (C=O) groups is 1. The van der Waals surface area contributed by atoms with Gasteiger partial charge in [0.2, 0.25) is 0 Å². The van der Waals surface area contributed by atoms with Crippen molar-refractivity contribution in [2.75, 3.05) is 0 Å². The van der Waals surface area contributed by atoms with Crippen LogP contribution in [0.25, 0.3) is 0 Å². The number of allylic oxidation sites excluding steroid dienone is 4. The van der Waals surface area contributed by atoms with Crippen molar-refractivity contribution in [1.29, 1.82) is 0 Å². The molecular weight excluding hydrogens is 316 g/mol. The highest BCUT2D eigenvalue weighted by molar-refractivity contribution is 5.67. The summed E-state index contributed by atoms with van der Waals surface area (Å²) in [6.45, 7) is 5.87. The molecule has 4 aliphatic carbocycles. The van der Waals surface area contributed by atoms with E-state index in [1.54, 1.807) is 0 Å². The molecule has 2 saturated carbocycles. The van der Waals surface area contributed by atoms with Crippen LogP contribution < -0.4 is 0 Å². The fraction of sp³-hybridized carbons (Fsp3) is 0.667. The van der Waals surface area contributed by atoms with Crippen LogP contribution in [0.5, 0.6) is 0 Å². The molecule has 2 fully saturated rings. The van der Waals surface area contributed by atoms with Gasteiger partial charge in [-0.1, -0.05) is 26.0 Å². The van der Waals surface area contributed by atoms with Gasteiger partial charge in [0, 0.05) is 18.3 Å². The summed E-state index contributed by atoms with van der Waals surface area (Å²) in [7, 11) is 0. The lowest BCUT2D eigenvalue weighted by Crippen LogP contribution is -2.51. The molecule has 0 aromatic carbocycles. The molecule has 4 nitrogen and oxygen atoms in total. The van der Waals surface area contributed by atoms with Gasteiger partial charge in [-0.3, -0.25) is 4.79 Å². The minimum Gasteiger partial charge on any atom is -0.431 e. The second-order valence-electron chi connectivity index (χ2n) is 8.77. The Balaban J connectivity index is 1.83. The Kier molecular flexibility index (Phi) is 3.79. The van der Waals surface area contributed by atoms with E-state index in [2.05, 4.69) is 19.9 Å². The number of hydrogen-bond acceptors (Lipinski definition) is 4. The Hall–Kier alpha value is -1.39. The van der Waals surface area contributed by atoms with E-state index in [1.807, 2.05) is 18.2 Å². The molecule has 2 N–H and O–H groups in total. The zero-order valence-corrected chi connectivity index (χ0v) is 15.2. The third-order valence-electron chi connectivity index (χ3n) is 7.49. The first-order valence-electron chi connectivity index (χ1n) is 9.43. The molecule has 2 unspecified atom stereocenters. The lowest BCUT2D eigenvalue weighted by atomic mass is 9.49. The average Bonchev–Trinajstić information content (AvgIpc) is 2.84. The Morgan fingerprint density at radius 2 is 1.96 bits per heavy atom. The molecule has 0 aliphatic heterocycles. The van der Waals surface area contributed by atoms with Gasteiger partial charge in [-0.05, 0) is 60.7 Å². The van der Waals surface area contributed by atoms with Gasteiger partial charge in [0.15, 0.2) is 0 Å². The second-order valence-corrected chi connectivity index (χ2v) is 8.77. The third-order valence-corrected chi connectivity index (χ3v) is 7.49. The molecule has 25 heavy (non-hydrogen) atoms. The maximum Gasteiger partial charge on any atom is 0.307 e. The summed E-state index contributed by atoms with van der Waals surface area (Å²) in [5.41, 5.74) is 0.792. The molecule has 0 bridgehead atoms. The molecule has 0 aromatic heterocycles. The molecule has 4 heteroatoms. The molecular formula is C21H28O4. The minimum atomic E-state index is -0.586. The predicted molar refractivity (Wildman–Crippen MR) is 94.2 cm³/mol. The number of fused-ring (bicyclic) bond motifs is 5. The molecule has 4 rings (SSSR count). The van der Waals surface area contributed by atoms with Gasteiger partial charge in [-0.15, -0.1) is 0 Å². The summed E-state index contributed by atoms with van der Waals surface area (Å²) in [6, 6.07) is 0. The Bertz CT molecular complexity index is 690. The van der Waals surface area contributed by atoms with E-state index >= 15 is 0 Å². The van der Waals surface area contributed by atoms with Crippen LogP contribution in [-0.4, -0.2) is 28.4 Å². The van der Waals surface area contributed by atoms with Gasteiger partial charge < -0.3 is 14.9 Å². The Morgan fingerprint density at radius 3 is 2.68 bits per heavy atom. The Labute approximate surface area is 149 Å². The van der Waals surface area contributed by atoms with Crippen LogP contribution in [-0.2, 0) is 9.53 Å². The topological polar surface area (TPSA) is 66.8 Å². The van der Waals surface area contributed by atoms with E-state index in [0.717, 1.165) is 37.0 Å². The van der Waals surface area contributed by atoms with Crippen molar-refractivity contribution in [3.63, 3.8) is 0 Å². The number of carbonyl (C=O) groups excluding carboxylic acids is 1. The third kappa shape index (κ3) is 2.37. The SMILES string of the molecule is CC(=O)OC1=CC2=CC(O)C=C[C@]2(C)[C@@H]2CC[C@]3(C)C(O)CC[C@H]3[C@H]12. The number of aliphatic hydroxyl groups excluding tert-OH is 2. The van der Waals surface area contributed by atoms with Crippen LogP contribution in [0.15, 0.2) is 35.6 Å². The second kappa shape index (κ2) is 5.55. The van der Waals surface area contributed by atoms with Crippen LogP contribution >= 0.6 is 0 Å². The highest BCUT2D eigenvalue weighted by Crippen LogP contribution is 2.64. The van der Waals surface area contributed by atoms with E-state index in [0.29, 0.717) is 11.8 Å². The molecule has 0 spiro atoms. The van der Waals surface area contributed by atoms with E-state index in [9.17, 15) is 15.0 Å². The number of ether oxygens (including phenoxy) is 1. The minimum absolute atomic E-state index is 0.101. The predicted octanol–water partition coefficient (Wildman–Crippen LogP) is 3.11. The monoisotopic (exact) mass is 344 g/mol. The van der Waals surface area contributed by atoms with Crippen molar-refractivity contribution in [2.24, 2.45) is 28.6 Å². The summed E-state index contributed by atoms with van der Waals surface area (Å²) in [4.78, 5) is 11.7. The smallest absolute Gasteiger partial charge is 0.307 e. The number of rotatable bonds is 1. The molecule has 7 atom stereocenters. The zero-order valence-electron chi connectivity index (χ0n) is 15.2. The van der Waals surface area contributed by atoms with Gasteiger partial charge in [0.1, 0.15) is 5.76 Å². The van der Waals surface area contributed by atoms with Crippen molar-refractivity contribution < 1.29 is 19.7 Å². The van der Waals surface area contributed by atoms with Crippen LogP contribution in [0.2, 0.25) is 0 Å². The Morgan fingerprint density at radius 1 is 1.20 bits per heavy atom. The first-order chi connectivity index (χ1) is 11.8. The lowest BCUT2D eigenvalue weighted by molar-refractivity contribution is -0.140. The lowest BCUT2D eigenvalue weighted by Gasteiger charge is -2.55. The van der Waals surface area contributed by atoms with Crippen molar-refractivity contribution in [2.45, 2.75) is 58.7 Å².